The molecule has 1 saturated heterocycles. The first-order valence-electron chi connectivity index (χ1n) is 8.19. The predicted octanol–water partition coefficient (Wildman–Crippen LogP) is 3.87. The van der Waals surface area contributed by atoms with Crippen molar-refractivity contribution in [3.8, 4) is 0 Å². The molecule has 1 aliphatic rings. The van der Waals surface area contributed by atoms with Crippen LogP contribution in [-0.4, -0.2) is 39.1 Å². The minimum atomic E-state index is 0.0546. The van der Waals surface area contributed by atoms with Gasteiger partial charge in [0.05, 0.1) is 5.69 Å². The molecule has 1 fully saturated rings. The highest BCUT2D eigenvalue weighted by Gasteiger charge is 2.26. The Balaban J connectivity index is 1.47. The average Bonchev–Trinajstić information content (AvgIpc) is 3.20. The van der Waals surface area contributed by atoms with Crippen LogP contribution in [0.1, 0.15) is 40.6 Å². The Labute approximate surface area is 145 Å². The highest BCUT2D eigenvalue weighted by atomic mass is 35.5. The van der Waals surface area contributed by atoms with Crippen molar-refractivity contribution in [1.29, 1.82) is 0 Å². The lowest BCUT2D eigenvalue weighted by molar-refractivity contribution is 0.0707. The fourth-order valence-corrected chi connectivity index (χ4v) is 3.58. The maximum atomic E-state index is 12.7. The van der Waals surface area contributed by atoms with Gasteiger partial charge < -0.3 is 9.88 Å². The van der Waals surface area contributed by atoms with Crippen LogP contribution in [0.25, 0.3) is 10.9 Å². The van der Waals surface area contributed by atoms with E-state index >= 15 is 0 Å². The van der Waals surface area contributed by atoms with Gasteiger partial charge >= 0.3 is 0 Å². The van der Waals surface area contributed by atoms with Gasteiger partial charge in [0.2, 0.25) is 0 Å². The number of aromatic amines is 2. The summed E-state index contributed by atoms with van der Waals surface area (Å²) in [6.07, 6.45) is 1.89. The van der Waals surface area contributed by atoms with Crippen LogP contribution in [0, 0.1) is 6.92 Å². The lowest BCUT2D eigenvalue weighted by Crippen LogP contribution is -2.38. The summed E-state index contributed by atoms with van der Waals surface area (Å²) >= 11 is 6.01. The molecule has 3 heterocycles. The minimum absolute atomic E-state index is 0.0546. The minimum Gasteiger partial charge on any atom is -0.350 e. The van der Waals surface area contributed by atoms with E-state index in [4.69, 9.17) is 11.6 Å². The number of halogens is 1. The largest absolute Gasteiger partial charge is 0.350 e. The molecule has 0 radical (unpaired) electrons. The molecule has 5 nitrogen and oxygen atoms in total. The van der Waals surface area contributed by atoms with E-state index in [1.807, 2.05) is 36.1 Å². The van der Waals surface area contributed by atoms with Crippen molar-refractivity contribution in [3.63, 3.8) is 0 Å². The van der Waals surface area contributed by atoms with Crippen molar-refractivity contribution in [3.05, 3.63) is 52.4 Å². The highest BCUT2D eigenvalue weighted by Crippen LogP contribution is 2.28. The van der Waals surface area contributed by atoms with Crippen LogP contribution in [-0.2, 0) is 0 Å². The van der Waals surface area contributed by atoms with Gasteiger partial charge in [-0.1, -0.05) is 17.7 Å². The van der Waals surface area contributed by atoms with E-state index in [-0.39, 0.29) is 5.91 Å². The molecule has 0 atom stereocenters. The lowest BCUT2D eigenvalue weighted by atomic mass is 9.93. The predicted molar refractivity (Wildman–Crippen MR) is 94.5 cm³/mol. The van der Waals surface area contributed by atoms with Crippen LogP contribution in [0.3, 0.4) is 0 Å². The van der Waals surface area contributed by atoms with Crippen LogP contribution >= 0.6 is 11.6 Å². The second kappa shape index (κ2) is 5.98. The summed E-state index contributed by atoms with van der Waals surface area (Å²) in [7, 11) is 0. The molecular weight excluding hydrogens is 324 g/mol. The van der Waals surface area contributed by atoms with Gasteiger partial charge in [-0.05, 0) is 44.0 Å². The van der Waals surface area contributed by atoms with Gasteiger partial charge in [-0.25, -0.2) is 0 Å². The maximum Gasteiger partial charge on any atom is 0.270 e. The molecule has 0 saturated carbocycles. The first-order chi connectivity index (χ1) is 11.6. The molecule has 0 unspecified atom stereocenters. The molecule has 3 aromatic rings. The number of nitrogens with one attached hydrogen (secondary N) is 2. The van der Waals surface area contributed by atoms with Crippen molar-refractivity contribution < 1.29 is 4.79 Å². The van der Waals surface area contributed by atoms with E-state index < -0.39 is 0 Å². The summed E-state index contributed by atoms with van der Waals surface area (Å²) in [6.45, 7) is 3.52. The van der Waals surface area contributed by atoms with Gasteiger partial charge in [0.15, 0.2) is 0 Å². The zero-order valence-electron chi connectivity index (χ0n) is 13.5. The fourth-order valence-electron chi connectivity index (χ4n) is 3.41. The molecule has 0 bridgehead atoms. The number of likely N-dealkylation sites (tertiary alicyclic amines) is 1. The molecule has 4 rings (SSSR count). The van der Waals surface area contributed by atoms with Gasteiger partial charge in [-0.15, -0.1) is 0 Å². The monoisotopic (exact) mass is 342 g/mol. The van der Waals surface area contributed by atoms with Crippen molar-refractivity contribution in [2.75, 3.05) is 13.1 Å². The van der Waals surface area contributed by atoms with Crippen molar-refractivity contribution in [2.45, 2.75) is 25.7 Å². The van der Waals surface area contributed by atoms with Gasteiger partial charge in [0, 0.05) is 40.6 Å². The number of aryl methyl sites for hydroxylation is 1. The number of piperidine rings is 1. The summed E-state index contributed by atoms with van der Waals surface area (Å²) < 4.78 is 0. The van der Waals surface area contributed by atoms with E-state index in [2.05, 4.69) is 21.2 Å². The Morgan fingerprint density at radius 1 is 1.25 bits per heavy atom. The topological polar surface area (TPSA) is 64.8 Å². The molecule has 2 N–H and O–H groups in total. The second-order valence-electron chi connectivity index (χ2n) is 6.46. The number of hydrogen-bond donors (Lipinski definition) is 2. The molecule has 0 spiro atoms. The average molecular weight is 343 g/mol. The van der Waals surface area contributed by atoms with Gasteiger partial charge in [0.25, 0.3) is 5.91 Å². The molecule has 2 aromatic heterocycles. The first-order valence-corrected chi connectivity index (χ1v) is 8.57. The molecule has 1 amide bonds. The Bertz CT molecular complexity index is 889. The molecular formula is C18H19ClN4O. The number of rotatable bonds is 2. The smallest absolute Gasteiger partial charge is 0.270 e. The standard InChI is InChI=1S/C18H19ClN4O/c1-11-8-16(22-21-11)12-4-6-23(7-5-12)18(24)17-9-13-2-3-14(19)10-15(13)20-17/h2-3,8-10,12,20H,4-7H2,1H3,(H,21,22). The van der Waals surface area contributed by atoms with E-state index in [0.717, 1.165) is 48.2 Å². The van der Waals surface area contributed by atoms with Crippen molar-refractivity contribution in [1.82, 2.24) is 20.1 Å². The Morgan fingerprint density at radius 2 is 2.04 bits per heavy atom. The summed E-state index contributed by atoms with van der Waals surface area (Å²) in [4.78, 5) is 17.8. The number of H-pyrrole nitrogens is 2. The normalized spacial score (nSPS) is 16.0. The Kier molecular flexibility index (Phi) is 3.81. The number of fused-ring (bicyclic) bond motifs is 1. The summed E-state index contributed by atoms with van der Waals surface area (Å²) in [5.74, 6) is 0.486. The Hall–Kier alpha value is -2.27. The van der Waals surface area contributed by atoms with E-state index in [0.29, 0.717) is 16.6 Å². The summed E-state index contributed by atoms with van der Waals surface area (Å²) in [6, 6.07) is 9.61. The summed E-state index contributed by atoms with van der Waals surface area (Å²) in [5, 5.41) is 9.03. The zero-order valence-corrected chi connectivity index (χ0v) is 14.2. The SMILES string of the molecule is Cc1cc(C2CCN(C(=O)c3cc4ccc(Cl)cc4[nH]3)CC2)n[nH]1. The quantitative estimate of drug-likeness (QED) is 0.742. The maximum absolute atomic E-state index is 12.7. The van der Waals surface area contributed by atoms with Gasteiger partial charge in [0.1, 0.15) is 5.69 Å². The Morgan fingerprint density at radius 3 is 2.75 bits per heavy atom. The third-order valence-electron chi connectivity index (χ3n) is 4.74. The van der Waals surface area contributed by atoms with Gasteiger partial charge in [-0.2, -0.15) is 5.10 Å². The third-order valence-corrected chi connectivity index (χ3v) is 4.98. The second-order valence-corrected chi connectivity index (χ2v) is 6.89. The molecule has 24 heavy (non-hydrogen) atoms. The van der Waals surface area contributed by atoms with Crippen LogP contribution < -0.4 is 0 Å². The highest BCUT2D eigenvalue weighted by molar-refractivity contribution is 6.31. The zero-order chi connectivity index (χ0) is 16.7. The van der Waals surface area contributed by atoms with Crippen molar-refractivity contribution >= 4 is 28.4 Å². The molecule has 1 aliphatic heterocycles. The molecule has 124 valence electrons. The number of hydrogen-bond acceptors (Lipinski definition) is 2. The molecule has 1 aromatic carbocycles. The third kappa shape index (κ3) is 2.80. The van der Waals surface area contributed by atoms with E-state index in [1.54, 1.807) is 0 Å². The molecule has 6 heteroatoms. The van der Waals surface area contributed by atoms with Crippen molar-refractivity contribution in [2.24, 2.45) is 0 Å². The summed E-state index contributed by atoms with van der Waals surface area (Å²) in [5.41, 5.74) is 3.72. The number of benzene rings is 1. The van der Waals surface area contributed by atoms with Gasteiger partial charge in [-0.3, -0.25) is 9.89 Å². The van der Waals surface area contributed by atoms with Crippen LogP contribution in [0.5, 0.6) is 0 Å². The molecule has 0 aliphatic carbocycles. The first kappa shape index (κ1) is 15.3. The number of amides is 1. The fraction of sp³-hybridized carbons (Fsp3) is 0.333. The number of aromatic nitrogens is 3. The number of carbonyl (C=O) groups is 1. The van der Waals surface area contributed by atoms with E-state index in [9.17, 15) is 4.79 Å². The number of carbonyl (C=O) groups excluding carboxylic acids is 1. The van der Waals surface area contributed by atoms with Crippen LogP contribution in [0.15, 0.2) is 30.3 Å². The van der Waals surface area contributed by atoms with E-state index in [1.165, 1.54) is 0 Å². The number of nitrogens with zero attached hydrogens (tertiary/aromatic N) is 2. The van der Waals surface area contributed by atoms with Crippen LogP contribution in [0.4, 0.5) is 0 Å². The lowest BCUT2D eigenvalue weighted by Gasteiger charge is -2.31. The van der Waals surface area contributed by atoms with Crippen LogP contribution in [0.2, 0.25) is 5.02 Å².